The molecule has 3 aliphatic rings. The first-order valence-corrected chi connectivity index (χ1v) is 9.95. The standard InChI is InChI=1S/C16H18N2OS.C4H4O4/c19-16(13-1-2-15-12(9-13)5-8-20-15)17-14-10-18-6-3-11(14)4-7-18;5-3(6)1-2-4(7)8/h1-2,5,8-9,11,14H,3-4,6-7,10H2,(H,17,19);1-2H,(H,5,6)(H,7,8)/b;2-1+/t14-;/m0./s1. The maximum absolute atomic E-state index is 12.4. The third kappa shape index (κ3) is 5.17. The van der Waals surface area contributed by atoms with E-state index in [0.717, 1.165) is 17.5 Å². The topological polar surface area (TPSA) is 107 Å². The van der Waals surface area contributed by atoms with Gasteiger partial charge >= 0.3 is 11.9 Å². The van der Waals surface area contributed by atoms with Gasteiger partial charge in [0.1, 0.15) is 0 Å². The highest BCUT2D eigenvalue weighted by Gasteiger charge is 2.34. The number of rotatable bonds is 4. The number of fused-ring (bicyclic) bond motifs is 4. The molecule has 0 aliphatic carbocycles. The summed E-state index contributed by atoms with van der Waals surface area (Å²) >= 11 is 1.71. The average Bonchev–Trinajstić information content (AvgIpc) is 3.15. The van der Waals surface area contributed by atoms with E-state index in [1.54, 1.807) is 11.3 Å². The van der Waals surface area contributed by atoms with Gasteiger partial charge < -0.3 is 20.4 Å². The van der Waals surface area contributed by atoms with Crippen LogP contribution in [-0.4, -0.2) is 58.6 Å². The van der Waals surface area contributed by atoms with Crippen LogP contribution in [0.15, 0.2) is 41.8 Å². The first kappa shape index (κ1) is 20.0. The number of nitrogens with one attached hydrogen (secondary N) is 1. The fourth-order valence-corrected chi connectivity index (χ4v) is 4.40. The third-order valence-electron chi connectivity index (χ3n) is 5.06. The van der Waals surface area contributed by atoms with Gasteiger partial charge in [0.2, 0.25) is 0 Å². The number of carboxylic acid groups (broad SMARTS) is 2. The van der Waals surface area contributed by atoms with Crippen molar-refractivity contribution in [3.05, 3.63) is 47.4 Å². The van der Waals surface area contributed by atoms with E-state index in [1.165, 1.54) is 30.6 Å². The van der Waals surface area contributed by atoms with E-state index in [1.807, 2.05) is 18.2 Å². The molecule has 3 saturated heterocycles. The number of carbonyl (C=O) groups is 3. The minimum atomic E-state index is -1.26. The van der Waals surface area contributed by atoms with Crippen LogP contribution in [0.25, 0.3) is 10.1 Å². The summed E-state index contributed by atoms with van der Waals surface area (Å²) in [4.78, 5) is 34.0. The van der Waals surface area contributed by atoms with Crippen molar-refractivity contribution in [3.8, 4) is 0 Å². The molecule has 5 rings (SSSR count). The van der Waals surface area contributed by atoms with Crippen molar-refractivity contribution in [1.82, 2.24) is 10.2 Å². The van der Waals surface area contributed by atoms with E-state index in [-0.39, 0.29) is 5.91 Å². The highest BCUT2D eigenvalue weighted by atomic mass is 32.1. The zero-order valence-electron chi connectivity index (χ0n) is 15.2. The lowest BCUT2D eigenvalue weighted by Crippen LogP contribution is -2.57. The van der Waals surface area contributed by atoms with Gasteiger partial charge in [0.25, 0.3) is 5.91 Å². The molecular weight excluding hydrogens is 380 g/mol. The second-order valence-corrected chi connectivity index (χ2v) is 7.85. The van der Waals surface area contributed by atoms with Crippen molar-refractivity contribution < 1.29 is 24.6 Å². The van der Waals surface area contributed by atoms with Gasteiger partial charge in [0.05, 0.1) is 0 Å². The van der Waals surface area contributed by atoms with E-state index in [0.29, 0.717) is 24.1 Å². The Labute approximate surface area is 166 Å². The number of aliphatic carboxylic acids is 2. The Kier molecular flexibility index (Phi) is 6.43. The normalized spacial score (nSPS) is 23.2. The van der Waals surface area contributed by atoms with E-state index < -0.39 is 11.9 Å². The second-order valence-electron chi connectivity index (χ2n) is 6.90. The molecule has 4 heterocycles. The predicted octanol–water partition coefficient (Wildman–Crippen LogP) is 2.44. The molecule has 0 saturated carbocycles. The Morgan fingerprint density at radius 3 is 2.32 bits per heavy atom. The van der Waals surface area contributed by atoms with E-state index in [2.05, 4.69) is 21.7 Å². The fourth-order valence-electron chi connectivity index (χ4n) is 3.63. The molecule has 0 radical (unpaired) electrons. The van der Waals surface area contributed by atoms with Gasteiger partial charge in [0, 0.05) is 35.0 Å². The summed E-state index contributed by atoms with van der Waals surface area (Å²) in [7, 11) is 0. The zero-order chi connectivity index (χ0) is 20.1. The summed E-state index contributed by atoms with van der Waals surface area (Å²) in [6, 6.07) is 8.40. The summed E-state index contributed by atoms with van der Waals surface area (Å²) in [6.07, 6.45) is 3.58. The van der Waals surface area contributed by atoms with Crippen LogP contribution in [-0.2, 0) is 9.59 Å². The Hall–Kier alpha value is -2.71. The van der Waals surface area contributed by atoms with Crippen LogP contribution in [0, 0.1) is 5.92 Å². The number of piperidine rings is 3. The van der Waals surface area contributed by atoms with Gasteiger partial charge in [0.15, 0.2) is 0 Å². The van der Waals surface area contributed by atoms with Crippen molar-refractivity contribution in [1.29, 1.82) is 0 Å². The Morgan fingerprint density at radius 2 is 1.75 bits per heavy atom. The molecule has 1 amide bonds. The smallest absolute Gasteiger partial charge is 0.328 e. The fraction of sp³-hybridized carbons (Fsp3) is 0.350. The van der Waals surface area contributed by atoms with Crippen molar-refractivity contribution >= 4 is 39.3 Å². The summed E-state index contributed by atoms with van der Waals surface area (Å²) < 4.78 is 1.24. The Morgan fingerprint density at radius 1 is 1.07 bits per heavy atom. The van der Waals surface area contributed by atoms with Crippen LogP contribution < -0.4 is 5.32 Å². The van der Waals surface area contributed by atoms with Gasteiger partial charge in [-0.1, -0.05) is 0 Å². The minimum absolute atomic E-state index is 0.0804. The number of amides is 1. The van der Waals surface area contributed by atoms with Gasteiger partial charge in [-0.05, 0) is 66.9 Å². The molecule has 0 spiro atoms. The minimum Gasteiger partial charge on any atom is -0.478 e. The molecule has 3 N–H and O–H groups in total. The van der Waals surface area contributed by atoms with Gasteiger partial charge in [-0.2, -0.15) is 0 Å². The number of hydrogen-bond donors (Lipinski definition) is 3. The molecule has 1 aromatic heterocycles. The van der Waals surface area contributed by atoms with Crippen LogP contribution in [0.4, 0.5) is 0 Å². The van der Waals surface area contributed by atoms with E-state index in [9.17, 15) is 14.4 Å². The Balaban J connectivity index is 0.000000242. The number of nitrogens with zero attached hydrogens (tertiary/aromatic N) is 1. The molecule has 2 aromatic rings. The molecule has 1 atom stereocenters. The average molecular weight is 402 g/mol. The zero-order valence-corrected chi connectivity index (χ0v) is 16.0. The highest BCUT2D eigenvalue weighted by Crippen LogP contribution is 2.28. The van der Waals surface area contributed by atoms with Gasteiger partial charge in [-0.15, -0.1) is 11.3 Å². The first-order chi connectivity index (χ1) is 13.4. The summed E-state index contributed by atoms with van der Waals surface area (Å²) in [6.45, 7) is 3.44. The molecule has 28 heavy (non-hydrogen) atoms. The maximum atomic E-state index is 12.4. The molecule has 2 bridgehead atoms. The van der Waals surface area contributed by atoms with Crippen molar-refractivity contribution in [3.63, 3.8) is 0 Å². The summed E-state index contributed by atoms with van der Waals surface area (Å²) in [5.41, 5.74) is 0.785. The quantitative estimate of drug-likeness (QED) is 0.678. The number of thiophene rings is 1. The lowest BCUT2D eigenvalue weighted by atomic mass is 9.84. The van der Waals surface area contributed by atoms with Crippen molar-refractivity contribution in [2.45, 2.75) is 18.9 Å². The number of benzene rings is 1. The summed E-state index contributed by atoms with van der Waals surface area (Å²) in [5.74, 6) is -1.76. The van der Waals surface area contributed by atoms with E-state index >= 15 is 0 Å². The number of hydrogen-bond acceptors (Lipinski definition) is 5. The predicted molar refractivity (Wildman–Crippen MR) is 107 cm³/mol. The molecule has 1 aromatic carbocycles. The molecule has 0 unspecified atom stereocenters. The van der Waals surface area contributed by atoms with Crippen LogP contribution in [0.3, 0.4) is 0 Å². The number of carboxylic acids is 2. The lowest BCUT2D eigenvalue weighted by molar-refractivity contribution is -0.134. The van der Waals surface area contributed by atoms with Gasteiger partial charge in [-0.3, -0.25) is 4.79 Å². The van der Waals surface area contributed by atoms with Crippen LogP contribution in [0.1, 0.15) is 23.2 Å². The molecule has 148 valence electrons. The monoisotopic (exact) mass is 402 g/mol. The molecule has 8 heteroatoms. The van der Waals surface area contributed by atoms with E-state index in [4.69, 9.17) is 10.2 Å². The molecule has 3 aliphatic heterocycles. The SMILES string of the molecule is O=C(N[C@H]1CN2CCC1CC2)c1ccc2sccc2c1.O=C(O)/C=C/C(=O)O. The lowest BCUT2D eigenvalue weighted by Gasteiger charge is -2.44. The van der Waals surface area contributed by atoms with Crippen LogP contribution in [0.5, 0.6) is 0 Å². The highest BCUT2D eigenvalue weighted by molar-refractivity contribution is 7.17. The first-order valence-electron chi connectivity index (χ1n) is 9.07. The van der Waals surface area contributed by atoms with Crippen LogP contribution in [0.2, 0.25) is 0 Å². The molecule has 3 fully saturated rings. The molecule has 7 nitrogen and oxygen atoms in total. The summed E-state index contributed by atoms with van der Waals surface area (Å²) in [5, 5.41) is 22.1. The molecular formula is C20H22N2O5S. The maximum Gasteiger partial charge on any atom is 0.328 e. The Bertz CT molecular complexity index is 883. The number of carbonyl (C=O) groups excluding carboxylic acids is 1. The largest absolute Gasteiger partial charge is 0.478 e. The van der Waals surface area contributed by atoms with Crippen molar-refractivity contribution in [2.24, 2.45) is 5.92 Å². The van der Waals surface area contributed by atoms with Crippen LogP contribution >= 0.6 is 11.3 Å². The second kappa shape index (κ2) is 8.99. The van der Waals surface area contributed by atoms with Crippen molar-refractivity contribution in [2.75, 3.05) is 19.6 Å². The van der Waals surface area contributed by atoms with Gasteiger partial charge in [-0.25, -0.2) is 9.59 Å². The third-order valence-corrected chi connectivity index (χ3v) is 5.95.